The van der Waals surface area contributed by atoms with Crippen molar-refractivity contribution in [3.8, 4) is 6.07 Å². The second-order valence-electron chi connectivity index (χ2n) is 6.05. The summed E-state index contributed by atoms with van der Waals surface area (Å²) < 4.78 is 0. The number of para-hydroxylation sites is 1. The Hall–Kier alpha value is -1.49. The summed E-state index contributed by atoms with van der Waals surface area (Å²) in [6, 6.07) is 10.8. The van der Waals surface area contributed by atoms with Crippen LogP contribution in [0.5, 0.6) is 0 Å². The SMILES string of the molecule is Cc1ccccc1NC1(C#N)CCCCC1(C)C. The number of hydrogen-bond acceptors (Lipinski definition) is 2. The lowest BCUT2D eigenvalue weighted by Crippen LogP contribution is -2.52. The van der Waals surface area contributed by atoms with Crippen molar-refractivity contribution in [2.45, 2.75) is 52.0 Å². The van der Waals surface area contributed by atoms with Gasteiger partial charge in [0.05, 0.1) is 6.07 Å². The minimum absolute atomic E-state index is 0.0162. The molecule has 1 aromatic carbocycles. The fraction of sp³-hybridized carbons (Fsp3) is 0.562. The Morgan fingerprint density at radius 3 is 2.44 bits per heavy atom. The highest BCUT2D eigenvalue weighted by atomic mass is 15.0. The van der Waals surface area contributed by atoms with Crippen molar-refractivity contribution in [2.75, 3.05) is 5.32 Å². The van der Waals surface area contributed by atoms with Crippen LogP contribution in [-0.4, -0.2) is 5.54 Å². The molecule has 1 atom stereocenters. The van der Waals surface area contributed by atoms with Gasteiger partial charge in [-0.1, -0.05) is 38.5 Å². The van der Waals surface area contributed by atoms with Crippen LogP contribution in [0.2, 0.25) is 0 Å². The normalized spacial score (nSPS) is 26.3. The van der Waals surface area contributed by atoms with Crippen molar-refractivity contribution in [1.82, 2.24) is 0 Å². The zero-order valence-corrected chi connectivity index (χ0v) is 11.6. The summed E-state index contributed by atoms with van der Waals surface area (Å²) in [5, 5.41) is 13.3. The monoisotopic (exact) mass is 242 g/mol. The summed E-state index contributed by atoms with van der Waals surface area (Å²) in [5.41, 5.74) is 1.88. The molecule has 0 heterocycles. The van der Waals surface area contributed by atoms with E-state index in [1.165, 1.54) is 12.0 Å². The first-order valence-corrected chi connectivity index (χ1v) is 6.76. The third kappa shape index (κ3) is 2.10. The Labute approximate surface area is 110 Å². The first-order chi connectivity index (χ1) is 8.51. The molecule has 1 N–H and O–H groups in total. The molecule has 0 amide bonds. The number of aryl methyl sites for hydroxylation is 1. The largest absolute Gasteiger partial charge is 0.367 e. The summed E-state index contributed by atoms with van der Waals surface area (Å²) in [5.74, 6) is 0. The van der Waals surface area contributed by atoms with Gasteiger partial charge in [-0.2, -0.15) is 5.26 Å². The second-order valence-corrected chi connectivity index (χ2v) is 6.05. The number of anilines is 1. The van der Waals surface area contributed by atoms with Crippen LogP contribution in [0, 0.1) is 23.7 Å². The highest BCUT2D eigenvalue weighted by Crippen LogP contribution is 2.45. The molecule has 0 spiro atoms. The van der Waals surface area contributed by atoms with Gasteiger partial charge in [0.25, 0.3) is 0 Å². The molecule has 2 rings (SSSR count). The van der Waals surface area contributed by atoms with E-state index in [-0.39, 0.29) is 5.41 Å². The highest BCUT2D eigenvalue weighted by molar-refractivity contribution is 5.54. The topological polar surface area (TPSA) is 35.8 Å². The molecule has 2 heteroatoms. The minimum atomic E-state index is -0.433. The molecule has 1 saturated carbocycles. The molecule has 1 fully saturated rings. The van der Waals surface area contributed by atoms with Gasteiger partial charge >= 0.3 is 0 Å². The summed E-state index contributed by atoms with van der Waals surface area (Å²) in [4.78, 5) is 0. The summed E-state index contributed by atoms with van der Waals surface area (Å²) in [6.07, 6.45) is 4.41. The highest BCUT2D eigenvalue weighted by Gasteiger charge is 2.47. The molecule has 96 valence electrons. The fourth-order valence-corrected chi connectivity index (χ4v) is 2.92. The second kappa shape index (κ2) is 4.65. The minimum Gasteiger partial charge on any atom is -0.367 e. The van der Waals surface area contributed by atoms with Crippen LogP contribution in [0.1, 0.15) is 45.1 Å². The van der Waals surface area contributed by atoms with E-state index in [2.05, 4.69) is 44.3 Å². The Balaban J connectivity index is 2.34. The predicted octanol–water partition coefficient (Wildman–Crippen LogP) is 4.27. The maximum atomic E-state index is 9.72. The lowest BCUT2D eigenvalue weighted by Gasteiger charge is -2.46. The molecule has 1 unspecified atom stereocenters. The Bertz CT molecular complexity index is 470. The summed E-state index contributed by atoms with van der Waals surface area (Å²) in [6.45, 7) is 6.50. The maximum Gasteiger partial charge on any atom is 0.130 e. The number of nitriles is 1. The quantitative estimate of drug-likeness (QED) is 0.840. The van der Waals surface area contributed by atoms with Crippen LogP contribution in [0.15, 0.2) is 24.3 Å². The van der Waals surface area contributed by atoms with Gasteiger partial charge in [-0.15, -0.1) is 0 Å². The molecule has 18 heavy (non-hydrogen) atoms. The maximum absolute atomic E-state index is 9.72. The van der Waals surface area contributed by atoms with Gasteiger partial charge in [0.1, 0.15) is 5.54 Å². The van der Waals surface area contributed by atoms with E-state index in [0.717, 1.165) is 24.9 Å². The van der Waals surface area contributed by atoms with Gasteiger partial charge in [-0.3, -0.25) is 0 Å². The molecule has 1 aliphatic carbocycles. The number of hydrogen-bond donors (Lipinski definition) is 1. The number of nitrogens with one attached hydrogen (secondary N) is 1. The Kier molecular flexibility index (Phi) is 3.34. The van der Waals surface area contributed by atoms with Crippen LogP contribution in [0.4, 0.5) is 5.69 Å². The molecule has 0 bridgehead atoms. The van der Waals surface area contributed by atoms with Crippen molar-refractivity contribution in [3.05, 3.63) is 29.8 Å². The van der Waals surface area contributed by atoms with Gasteiger partial charge in [0.15, 0.2) is 0 Å². The molecular formula is C16H22N2. The third-order valence-electron chi connectivity index (χ3n) is 4.44. The number of benzene rings is 1. The van der Waals surface area contributed by atoms with Crippen molar-refractivity contribution < 1.29 is 0 Å². The van der Waals surface area contributed by atoms with E-state index in [0.29, 0.717) is 0 Å². The van der Waals surface area contributed by atoms with Gasteiger partial charge < -0.3 is 5.32 Å². The van der Waals surface area contributed by atoms with Crippen LogP contribution < -0.4 is 5.32 Å². The lowest BCUT2D eigenvalue weighted by atomic mass is 9.63. The first kappa shape index (κ1) is 13.0. The van der Waals surface area contributed by atoms with Gasteiger partial charge in [0, 0.05) is 11.1 Å². The van der Waals surface area contributed by atoms with Crippen molar-refractivity contribution >= 4 is 5.69 Å². The first-order valence-electron chi connectivity index (χ1n) is 6.76. The fourth-order valence-electron chi connectivity index (χ4n) is 2.92. The van der Waals surface area contributed by atoms with Crippen molar-refractivity contribution in [2.24, 2.45) is 5.41 Å². The standard InChI is InChI=1S/C16H22N2/c1-13-8-4-5-9-14(13)18-16(12-17)11-7-6-10-15(16,2)3/h4-5,8-9,18H,6-7,10-11H2,1-3H3. The lowest BCUT2D eigenvalue weighted by molar-refractivity contribution is 0.164. The molecule has 0 aliphatic heterocycles. The van der Waals surface area contributed by atoms with Gasteiger partial charge in [-0.25, -0.2) is 0 Å². The molecule has 2 nitrogen and oxygen atoms in total. The van der Waals surface area contributed by atoms with Crippen LogP contribution in [0.25, 0.3) is 0 Å². The molecule has 0 aromatic heterocycles. The van der Waals surface area contributed by atoms with E-state index in [9.17, 15) is 5.26 Å². The zero-order chi connectivity index (χ0) is 13.2. The van der Waals surface area contributed by atoms with E-state index >= 15 is 0 Å². The Morgan fingerprint density at radius 1 is 1.17 bits per heavy atom. The third-order valence-corrected chi connectivity index (χ3v) is 4.44. The molecule has 0 saturated heterocycles. The Morgan fingerprint density at radius 2 is 1.83 bits per heavy atom. The van der Waals surface area contributed by atoms with Gasteiger partial charge in [0.2, 0.25) is 0 Å². The summed E-state index contributed by atoms with van der Waals surface area (Å²) in [7, 11) is 0. The molecular weight excluding hydrogens is 220 g/mol. The van der Waals surface area contributed by atoms with E-state index in [1.807, 2.05) is 12.1 Å². The van der Waals surface area contributed by atoms with E-state index in [1.54, 1.807) is 0 Å². The molecule has 1 aromatic rings. The number of nitrogens with zero attached hydrogens (tertiary/aromatic N) is 1. The van der Waals surface area contributed by atoms with E-state index < -0.39 is 5.54 Å². The average molecular weight is 242 g/mol. The predicted molar refractivity (Wildman–Crippen MR) is 75.4 cm³/mol. The zero-order valence-electron chi connectivity index (χ0n) is 11.6. The molecule has 1 aliphatic rings. The summed E-state index contributed by atoms with van der Waals surface area (Å²) >= 11 is 0. The van der Waals surface area contributed by atoms with Crippen LogP contribution in [0.3, 0.4) is 0 Å². The van der Waals surface area contributed by atoms with Gasteiger partial charge in [-0.05, 0) is 37.8 Å². The van der Waals surface area contributed by atoms with Crippen LogP contribution in [-0.2, 0) is 0 Å². The number of rotatable bonds is 2. The molecule has 0 radical (unpaired) electrons. The smallest absolute Gasteiger partial charge is 0.130 e. The van der Waals surface area contributed by atoms with Crippen LogP contribution >= 0.6 is 0 Å². The van der Waals surface area contributed by atoms with Crippen molar-refractivity contribution in [1.29, 1.82) is 5.26 Å². The average Bonchev–Trinajstić information content (AvgIpc) is 2.34. The van der Waals surface area contributed by atoms with E-state index in [4.69, 9.17) is 0 Å². The van der Waals surface area contributed by atoms with Crippen molar-refractivity contribution in [3.63, 3.8) is 0 Å².